The Hall–Kier alpha value is -0.830. The van der Waals surface area contributed by atoms with Crippen LogP contribution >= 0.6 is 0 Å². The molecule has 0 heterocycles. The molecule has 116 valence electrons. The molecule has 1 amide bonds. The number of carbonyl (C=O) groups excluding carboxylic acids is 1. The first kappa shape index (κ1) is 17.2. The maximum absolute atomic E-state index is 12.1. The number of amides is 1. The number of nitrogens with zero attached hydrogens (tertiary/aromatic N) is 1. The molecule has 0 unspecified atom stereocenters. The van der Waals surface area contributed by atoms with E-state index >= 15 is 0 Å². The van der Waals surface area contributed by atoms with Gasteiger partial charge in [-0.2, -0.15) is 0 Å². The fourth-order valence-corrected chi connectivity index (χ4v) is 2.76. The van der Waals surface area contributed by atoms with Crippen LogP contribution in [0.15, 0.2) is 11.6 Å². The van der Waals surface area contributed by atoms with E-state index in [1.165, 1.54) is 25.7 Å². The highest BCUT2D eigenvalue weighted by molar-refractivity contribution is 5.76. The molecule has 0 atom stereocenters. The third-order valence-corrected chi connectivity index (χ3v) is 3.86. The average molecular weight is 280 g/mol. The first-order valence-corrected chi connectivity index (χ1v) is 8.44. The molecular weight excluding hydrogens is 248 g/mol. The van der Waals surface area contributed by atoms with Gasteiger partial charge in [-0.15, -0.1) is 0 Å². The van der Waals surface area contributed by atoms with Gasteiger partial charge in [0, 0.05) is 26.1 Å². The molecule has 0 aromatic heterocycles. The third kappa shape index (κ3) is 7.09. The van der Waals surface area contributed by atoms with Crippen LogP contribution in [0.25, 0.3) is 0 Å². The Bertz CT molecular complexity index is 293. The predicted octanol–water partition coefficient (Wildman–Crippen LogP) is 3.51. The maximum atomic E-state index is 12.1. The summed E-state index contributed by atoms with van der Waals surface area (Å²) in [5, 5.41) is 3.41. The maximum Gasteiger partial charge on any atom is 0.223 e. The Morgan fingerprint density at radius 2 is 1.95 bits per heavy atom. The van der Waals surface area contributed by atoms with E-state index < -0.39 is 0 Å². The van der Waals surface area contributed by atoms with E-state index in [-0.39, 0.29) is 0 Å². The van der Waals surface area contributed by atoms with Crippen molar-refractivity contribution < 1.29 is 4.79 Å². The molecule has 0 saturated heterocycles. The summed E-state index contributed by atoms with van der Waals surface area (Å²) in [6.07, 6.45) is 11.5. The topological polar surface area (TPSA) is 32.3 Å². The van der Waals surface area contributed by atoms with E-state index in [4.69, 9.17) is 0 Å². The van der Waals surface area contributed by atoms with Gasteiger partial charge in [0.05, 0.1) is 0 Å². The number of nitrogens with one attached hydrogen (secondary N) is 1. The lowest BCUT2D eigenvalue weighted by molar-refractivity contribution is -0.131. The highest BCUT2D eigenvalue weighted by Crippen LogP contribution is 2.19. The van der Waals surface area contributed by atoms with E-state index in [0.717, 1.165) is 45.4 Å². The van der Waals surface area contributed by atoms with Crippen molar-refractivity contribution in [3.63, 3.8) is 0 Å². The molecule has 0 aliphatic heterocycles. The van der Waals surface area contributed by atoms with E-state index in [2.05, 4.69) is 25.2 Å². The smallest absolute Gasteiger partial charge is 0.223 e. The number of rotatable bonds is 10. The SMILES string of the molecule is CCCN(CCC)C(=O)CCNCCC1=CCCCC1. The van der Waals surface area contributed by atoms with Gasteiger partial charge in [0.25, 0.3) is 0 Å². The molecule has 3 nitrogen and oxygen atoms in total. The summed E-state index contributed by atoms with van der Waals surface area (Å²) in [4.78, 5) is 14.1. The van der Waals surface area contributed by atoms with Crippen LogP contribution in [-0.2, 0) is 4.79 Å². The number of carbonyl (C=O) groups is 1. The van der Waals surface area contributed by atoms with E-state index in [1.807, 2.05) is 4.90 Å². The Morgan fingerprint density at radius 3 is 2.55 bits per heavy atom. The summed E-state index contributed by atoms with van der Waals surface area (Å²) in [5.41, 5.74) is 1.61. The quantitative estimate of drug-likeness (QED) is 0.490. The molecule has 1 N–H and O–H groups in total. The second-order valence-electron chi connectivity index (χ2n) is 5.74. The van der Waals surface area contributed by atoms with Crippen LogP contribution < -0.4 is 5.32 Å². The third-order valence-electron chi connectivity index (χ3n) is 3.86. The second kappa shape index (κ2) is 10.9. The molecule has 0 saturated carbocycles. The van der Waals surface area contributed by atoms with E-state index in [0.29, 0.717) is 12.3 Å². The minimum absolute atomic E-state index is 0.304. The van der Waals surface area contributed by atoms with Crippen molar-refractivity contribution in [3.8, 4) is 0 Å². The molecule has 3 heteroatoms. The van der Waals surface area contributed by atoms with Crippen LogP contribution in [0, 0.1) is 0 Å². The van der Waals surface area contributed by atoms with Crippen molar-refractivity contribution in [2.75, 3.05) is 26.2 Å². The molecule has 0 aromatic rings. The summed E-state index contributed by atoms with van der Waals surface area (Å²) < 4.78 is 0. The zero-order valence-corrected chi connectivity index (χ0v) is 13.4. The molecule has 1 aliphatic rings. The number of hydrogen-bond acceptors (Lipinski definition) is 2. The van der Waals surface area contributed by atoms with E-state index in [9.17, 15) is 4.79 Å². The lowest BCUT2D eigenvalue weighted by Gasteiger charge is -2.21. The summed E-state index contributed by atoms with van der Waals surface area (Å²) in [6, 6.07) is 0. The molecule has 0 spiro atoms. The summed E-state index contributed by atoms with van der Waals surface area (Å²) in [7, 11) is 0. The van der Waals surface area contributed by atoms with Crippen LogP contribution in [0.5, 0.6) is 0 Å². The normalized spacial score (nSPS) is 15.0. The van der Waals surface area contributed by atoms with Crippen molar-refractivity contribution in [3.05, 3.63) is 11.6 Å². The Labute approximate surface area is 124 Å². The van der Waals surface area contributed by atoms with Gasteiger partial charge in [0.2, 0.25) is 5.91 Å². The van der Waals surface area contributed by atoms with Crippen LogP contribution in [0.1, 0.15) is 65.2 Å². The summed E-state index contributed by atoms with van der Waals surface area (Å²) in [6.45, 7) is 7.90. The molecule has 0 fully saturated rings. The zero-order valence-electron chi connectivity index (χ0n) is 13.4. The second-order valence-corrected chi connectivity index (χ2v) is 5.74. The fourth-order valence-electron chi connectivity index (χ4n) is 2.76. The molecule has 20 heavy (non-hydrogen) atoms. The van der Waals surface area contributed by atoms with Gasteiger partial charge in [0.15, 0.2) is 0 Å². The number of hydrogen-bond donors (Lipinski definition) is 1. The molecular formula is C17H32N2O. The molecule has 1 rings (SSSR count). The van der Waals surface area contributed by atoms with Crippen LogP contribution in [0.3, 0.4) is 0 Å². The summed E-state index contributed by atoms with van der Waals surface area (Å²) in [5.74, 6) is 0.304. The zero-order chi connectivity index (χ0) is 14.6. The highest BCUT2D eigenvalue weighted by Gasteiger charge is 2.10. The van der Waals surface area contributed by atoms with Gasteiger partial charge in [-0.3, -0.25) is 4.79 Å². The number of allylic oxidation sites excluding steroid dienone is 1. The van der Waals surface area contributed by atoms with Gasteiger partial charge >= 0.3 is 0 Å². The van der Waals surface area contributed by atoms with E-state index in [1.54, 1.807) is 5.57 Å². The Morgan fingerprint density at radius 1 is 1.20 bits per heavy atom. The first-order valence-electron chi connectivity index (χ1n) is 8.44. The average Bonchev–Trinajstić information content (AvgIpc) is 2.47. The van der Waals surface area contributed by atoms with Gasteiger partial charge in [-0.05, 0) is 51.5 Å². The fraction of sp³-hybridized carbons (Fsp3) is 0.824. The molecule has 0 bridgehead atoms. The lowest BCUT2D eigenvalue weighted by atomic mass is 9.97. The molecule has 0 radical (unpaired) electrons. The largest absolute Gasteiger partial charge is 0.343 e. The Balaban J connectivity index is 2.09. The first-order chi connectivity index (χ1) is 9.77. The van der Waals surface area contributed by atoms with Crippen molar-refractivity contribution >= 4 is 5.91 Å². The lowest BCUT2D eigenvalue weighted by Crippen LogP contribution is -2.34. The molecule has 1 aliphatic carbocycles. The van der Waals surface area contributed by atoms with Crippen molar-refractivity contribution in [2.24, 2.45) is 0 Å². The predicted molar refractivity (Wildman–Crippen MR) is 85.8 cm³/mol. The van der Waals surface area contributed by atoms with Gasteiger partial charge in [0.1, 0.15) is 0 Å². The summed E-state index contributed by atoms with van der Waals surface area (Å²) >= 11 is 0. The van der Waals surface area contributed by atoms with Gasteiger partial charge < -0.3 is 10.2 Å². The highest BCUT2D eigenvalue weighted by atomic mass is 16.2. The van der Waals surface area contributed by atoms with Crippen LogP contribution in [0.2, 0.25) is 0 Å². The van der Waals surface area contributed by atoms with Crippen molar-refractivity contribution in [2.45, 2.75) is 65.2 Å². The van der Waals surface area contributed by atoms with Crippen molar-refractivity contribution in [1.82, 2.24) is 10.2 Å². The Kier molecular flexibility index (Phi) is 9.38. The molecule has 0 aromatic carbocycles. The minimum Gasteiger partial charge on any atom is -0.343 e. The van der Waals surface area contributed by atoms with Crippen LogP contribution in [0.4, 0.5) is 0 Å². The van der Waals surface area contributed by atoms with Gasteiger partial charge in [-0.25, -0.2) is 0 Å². The van der Waals surface area contributed by atoms with Crippen LogP contribution in [-0.4, -0.2) is 37.0 Å². The minimum atomic E-state index is 0.304. The van der Waals surface area contributed by atoms with Crippen molar-refractivity contribution in [1.29, 1.82) is 0 Å². The standard InChI is InChI=1S/C17H32N2O/c1-3-14-19(15-4-2)17(20)11-13-18-12-10-16-8-6-5-7-9-16/h8,18H,3-7,9-15H2,1-2H3. The van der Waals surface area contributed by atoms with Gasteiger partial charge in [-0.1, -0.05) is 25.5 Å². The monoisotopic (exact) mass is 280 g/mol.